The Morgan fingerprint density at radius 2 is 1.50 bits per heavy atom. The summed E-state index contributed by atoms with van der Waals surface area (Å²) in [6.07, 6.45) is 0.844. The summed E-state index contributed by atoms with van der Waals surface area (Å²) >= 11 is 0. The van der Waals surface area contributed by atoms with Crippen LogP contribution < -0.4 is 14.5 Å². The van der Waals surface area contributed by atoms with Crippen LogP contribution in [-0.4, -0.2) is 40.4 Å². The Balaban J connectivity index is 2.46. The molecule has 0 spiro atoms. The molecule has 1 atom stereocenters. The molecule has 0 fully saturated rings. The molecule has 0 radical (unpaired) electrons. The Morgan fingerprint density at radius 3 is 2.04 bits per heavy atom. The predicted octanol–water partition coefficient (Wildman–Crippen LogP) is 5.51. The van der Waals surface area contributed by atoms with Crippen LogP contribution in [0.5, 0.6) is 5.75 Å². The Labute approximate surface area is 171 Å². The van der Waals surface area contributed by atoms with Crippen LogP contribution in [0.1, 0.15) is 51.3 Å². The maximum atomic E-state index is 6.30. The number of nitrogens with zero attached hydrogens (tertiary/aromatic N) is 2. The van der Waals surface area contributed by atoms with E-state index in [0.717, 1.165) is 36.4 Å². The third-order valence-corrected chi connectivity index (χ3v) is 4.91. The SMILES string of the molecule is CCCOC(c1ccc(N(C)C)cc1)c1ccc(N(CC)CC)cc1OCC. The fourth-order valence-electron chi connectivity index (χ4n) is 3.35. The lowest BCUT2D eigenvalue weighted by Crippen LogP contribution is -2.22. The minimum Gasteiger partial charge on any atom is -0.493 e. The lowest BCUT2D eigenvalue weighted by molar-refractivity contribution is 0.0784. The highest BCUT2D eigenvalue weighted by molar-refractivity contribution is 5.56. The van der Waals surface area contributed by atoms with Gasteiger partial charge in [0.25, 0.3) is 0 Å². The Kier molecular flexibility index (Phi) is 8.65. The number of hydrogen-bond acceptors (Lipinski definition) is 4. The molecule has 0 aliphatic carbocycles. The zero-order chi connectivity index (χ0) is 20.5. The van der Waals surface area contributed by atoms with Gasteiger partial charge >= 0.3 is 0 Å². The topological polar surface area (TPSA) is 24.9 Å². The lowest BCUT2D eigenvalue weighted by atomic mass is 9.99. The Bertz CT molecular complexity index is 709. The first-order valence-corrected chi connectivity index (χ1v) is 10.5. The summed E-state index contributed by atoms with van der Waals surface area (Å²) in [5.74, 6) is 0.907. The molecule has 2 aromatic carbocycles. The summed E-state index contributed by atoms with van der Waals surface area (Å²) in [4.78, 5) is 4.44. The summed E-state index contributed by atoms with van der Waals surface area (Å²) in [6.45, 7) is 11.8. The van der Waals surface area contributed by atoms with Crippen LogP contribution in [0.4, 0.5) is 11.4 Å². The van der Waals surface area contributed by atoms with Crippen molar-refractivity contribution in [2.45, 2.75) is 40.2 Å². The Morgan fingerprint density at radius 1 is 0.857 bits per heavy atom. The Hall–Kier alpha value is -2.20. The monoisotopic (exact) mass is 384 g/mol. The van der Waals surface area contributed by atoms with Crippen LogP contribution in [0.15, 0.2) is 42.5 Å². The van der Waals surface area contributed by atoms with E-state index in [-0.39, 0.29) is 6.10 Å². The first kappa shape index (κ1) is 22.1. The molecule has 2 rings (SSSR count). The molecule has 4 heteroatoms. The van der Waals surface area contributed by atoms with Crippen LogP contribution >= 0.6 is 0 Å². The van der Waals surface area contributed by atoms with Gasteiger partial charge in [-0.15, -0.1) is 0 Å². The van der Waals surface area contributed by atoms with Crippen LogP contribution in [0.2, 0.25) is 0 Å². The summed E-state index contributed by atoms with van der Waals surface area (Å²) in [6, 6.07) is 15.1. The molecular formula is C24H36N2O2. The van der Waals surface area contributed by atoms with E-state index in [1.165, 1.54) is 11.4 Å². The van der Waals surface area contributed by atoms with Crippen LogP contribution in [0, 0.1) is 0 Å². The van der Waals surface area contributed by atoms with Crippen LogP contribution in [-0.2, 0) is 4.74 Å². The summed E-state index contributed by atoms with van der Waals surface area (Å²) in [5.41, 5.74) is 4.61. The first-order chi connectivity index (χ1) is 13.5. The molecule has 0 heterocycles. The van der Waals surface area contributed by atoms with Crippen molar-refractivity contribution in [2.75, 3.05) is 50.2 Å². The number of anilines is 2. The van der Waals surface area contributed by atoms with Crippen molar-refractivity contribution in [3.63, 3.8) is 0 Å². The maximum Gasteiger partial charge on any atom is 0.127 e. The van der Waals surface area contributed by atoms with Gasteiger partial charge in [-0.3, -0.25) is 0 Å². The minimum absolute atomic E-state index is 0.136. The van der Waals surface area contributed by atoms with Gasteiger partial charge in [0.1, 0.15) is 11.9 Å². The highest BCUT2D eigenvalue weighted by Gasteiger charge is 2.20. The van der Waals surface area contributed by atoms with Crippen molar-refractivity contribution in [1.29, 1.82) is 0 Å². The maximum absolute atomic E-state index is 6.30. The van der Waals surface area contributed by atoms with Crippen LogP contribution in [0.25, 0.3) is 0 Å². The van der Waals surface area contributed by atoms with E-state index >= 15 is 0 Å². The van der Waals surface area contributed by atoms with Gasteiger partial charge < -0.3 is 19.3 Å². The van der Waals surface area contributed by atoms with Gasteiger partial charge in [0, 0.05) is 56.8 Å². The molecule has 2 aromatic rings. The number of rotatable bonds is 11. The van der Waals surface area contributed by atoms with Gasteiger partial charge in [-0.25, -0.2) is 0 Å². The van der Waals surface area contributed by atoms with E-state index in [0.29, 0.717) is 13.2 Å². The highest BCUT2D eigenvalue weighted by Crippen LogP contribution is 2.36. The third kappa shape index (κ3) is 5.41. The zero-order valence-electron chi connectivity index (χ0n) is 18.4. The number of ether oxygens (including phenoxy) is 2. The molecule has 0 N–H and O–H groups in total. The van der Waals surface area contributed by atoms with Crippen molar-refractivity contribution in [1.82, 2.24) is 0 Å². The van der Waals surface area contributed by atoms with E-state index in [1.807, 2.05) is 6.92 Å². The smallest absolute Gasteiger partial charge is 0.127 e. The minimum atomic E-state index is -0.136. The summed E-state index contributed by atoms with van der Waals surface area (Å²) in [7, 11) is 4.11. The second-order valence-corrected chi connectivity index (χ2v) is 7.06. The molecule has 0 aliphatic heterocycles. The van der Waals surface area contributed by atoms with E-state index in [9.17, 15) is 0 Å². The van der Waals surface area contributed by atoms with Crippen molar-refractivity contribution in [3.8, 4) is 5.75 Å². The quantitative estimate of drug-likeness (QED) is 0.510. The molecule has 0 aliphatic rings. The van der Waals surface area contributed by atoms with Crippen molar-refractivity contribution >= 4 is 11.4 Å². The van der Waals surface area contributed by atoms with Gasteiger partial charge in [0.15, 0.2) is 0 Å². The van der Waals surface area contributed by atoms with Crippen molar-refractivity contribution in [3.05, 3.63) is 53.6 Å². The number of hydrogen-bond donors (Lipinski definition) is 0. The van der Waals surface area contributed by atoms with Crippen molar-refractivity contribution in [2.24, 2.45) is 0 Å². The number of benzene rings is 2. The average molecular weight is 385 g/mol. The molecule has 0 aromatic heterocycles. The van der Waals surface area contributed by atoms with E-state index in [4.69, 9.17) is 9.47 Å². The molecule has 4 nitrogen and oxygen atoms in total. The van der Waals surface area contributed by atoms with Gasteiger partial charge in [-0.05, 0) is 51.0 Å². The highest BCUT2D eigenvalue weighted by atomic mass is 16.5. The van der Waals surface area contributed by atoms with E-state index in [1.54, 1.807) is 0 Å². The summed E-state index contributed by atoms with van der Waals surface area (Å²) in [5, 5.41) is 0. The first-order valence-electron chi connectivity index (χ1n) is 10.5. The normalized spacial score (nSPS) is 11.9. The molecule has 0 saturated carbocycles. The summed E-state index contributed by atoms with van der Waals surface area (Å²) < 4.78 is 12.3. The van der Waals surface area contributed by atoms with Gasteiger partial charge in [0.05, 0.1) is 6.61 Å². The van der Waals surface area contributed by atoms with Crippen LogP contribution in [0.3, 0.4) is 0 Å². The molecular weight excluding hydrogens is 348 g/mol. The second-order valence-electron chi connectivity index (χ2n) is 7.06. The van der Waals surface area contributed by atoms with E-state index in [2.05, 4.69) is 87.1 Å². The molecule has 28 heavy (non-hydrogen) atoms. The van der Waals surface area contributed by atoms with Gasteiger partial charge in [-0.1, -0.05) is 25.1 Å². The fourth-order valence-corrected chi connectivity index (χ4v) is 3.35. The molecule has 0 amide bonds. The van der Waals surface area contributed by atoms with Crippen molar-refractivity contribution < 1.29 is 9.47 Å². The average Bonchev–Trinajstić information content (AvgIpc) is 2.71. The standard InChI is InChI=1S/C24H36N2O2/c1-7-17-28-24(19-11-13-20(14-12-19)25(5)6)22-16-15-21(26(8-2)9-3)18-23(22)27-10-4/h11-16,18,24H,7-10,17H2,1-6H3. The molecule has 0 bridgehead atoms. The van der Waals surface area contributed by atoms with Gasteiger partial charge in [0.2, 0.25) is 0 Å². The molecule has 0 saturated heterocycles. The zero-order valence-corrected chi connectivity index (χ0v) is 18.4. The predicted molar refractivity (Wildman–Crippen MR) is 120 cm³/mol. The lowest BCUT2D eigenvalue weighted by Gasteiger charge is -2.26. The second kappa shape index (κ2) is 11.0. The molecule has 154 valence electrons. The third-order valence-electron chi connectivity index (χ3n) is 4.91. The van der Waals surface area contributed by atoms with Gasteiger partial charge in [-0.2, -0.15) is 0 Å². The van der Waals surface area contributed by atoms with E-state index < -0.39 is 0 Å². The fraction of sp³-hybridized carbons (Fsp3) is 0.500. The molecule has 1 unspecified atom stereocenters. The largest absolute Gasteiger partial charge is 0.493 e.